The summed E-state index contributed by atoms with van der Waals surface area (Å²) in [6, 6.07) is 6.60. The van der Waals surface area contributed by atoms with Crippen LogP contribution in [-0.4, -0.2) is 39.3 Å². The normalized spacial score (nSPS) is 13.6. The summed E-state index contributed by atoms with van der Waals surface area (Å²) in [6.07, 6.45) is 0. The molecule has 110 valence electrons. The molecule has 0 saturated heterocycles. The monoisotopic (exact) mass is 283 g/mol. The lowest BCUT2D eigenvalue weighted by Crippen LogP contribution is -2.31. The van der Waals surface area contributed by atoms with Gasteiger partial charge in [0.2, 0.25) is 0 Å². The van der Waals surface area contributed by atoms with Gasteiger partial charge < -0.3 is 5.11 Å². The number of aliphatic hydroxyl groups is 1. The third-order valence-corrected chi connectivity index (χ3v) is 3.53. The van der Waals surface area contributed by atoms with Crippen molar-refractivity contribution in [3.05, 3.63) is 30.1 Å². The standard InChI is InChI=1S/C14H19F2N3O/c1-3-18(8-9-20)10(2)13-17-11-6-4-5-7-12(11)19(13)14(15)16/h4-7,10,14,20H,3,8-9H2,1-2H3. The van der Waals surface area contributed by atoms with E-state index in [4.69, 9.17) is 5.11 Å². The average Bonchev–Trinajstić information content (AvgIpc) is 2.83. The van der Waals surface area contributed by atoms with E-state index in [2.05, 4.69) is 4.98 Å². The molecule has 1 heterocycles. The molecule has 0 amide bonds. The highest BCUT2D eigenvalue weighted by molar-refractivity contribution is 5.76. The van der Waals surface area contributed by atoms with Gasteiger partial charge in [-0.25, -0.2) is 4.98 Å². The number of alkyl halides is 2. The summed E-state index contributed by atoms with van der Waals surface area (Å²) >= 11 is 0. The highest BCUT2D eigenvalue weighted by atomic mass is 19.3. The number of halogens is 2. The molecule has 1 aromatic heterocycles. The van der Waals surface area contributed by atoms with Gasteiger partial charge in [0.15, 0.2) is 0 Å². The minimum atomic E-state index is -2.63. The van der Waals surface area contributed by atoms with Crippen molar-refractivity contribution in [1.29, 1.82) is 0 Å². The van der Waals surface area contributed by atoms with Crippen LogP contribution in [0.3, 0.4) is 0 Å². The predicted octanol–water partition coefficient (Wildman–Crippen LogP) is 2.81. The predicted molar refractivity (Wildman–Crippen MR) is 73.7 cm³/mol. The Morgan fingerprint density at radius 2 is 2.05 bits per heavy atom. The molecule has 0 spiro atoms. The van der Waals surface area contributed by atoms with Crippen molar-refractivity contribution in [1.82, 2.24) is 14.5 Å². The van der Waals surface area contributed by atoms with Gasteiger partial charge in [-0.2, -0.15) is 8.78 Å². The van der Waals surface area contributed by atoms with Crippen molar-refractivity contribution in [3.63, 3.8) is 0 Å². The van der Waals surface area contributed by atoms with E-state index in [1.54, 1.807) is 24.3 Å². The van der Waals surface area contributed by atoms with Crippen LogP contribution in [-0.2, 0) is 0 Å². The van der Waals surface area contributed by atoms with Crippen LogP contribution in [0, 0.1) is 0 Å². The lowest BCUT2D eigenvalue weighted by atomic mass is 10.2. The third-order valence-electron chi connectivity index (χ3n) is 3.53. The Balaban J connectivity index is 2.49. The summed E-state index contributed by atoms with van der Waals surface area (Å²) in [6.45, 7) is 2.22. The zero-order valence-electron chi connectivity index (χ0n) is 11.6. The molecule has 4 nitrogen and oxygen atoms in total. The summed E-state index contributed by atoms with van der Waals surface area (Å²) < 4.78 is 27.7. The van der Waals surface area contributed by atoms with E-state index in [1.807, 2.05) is 18.7 Å². The fraction of sp³-hybridized carbons (Fsp3) is 0.500. The number of fused-ring (bicyclic) bond motifs is 1. The number of imidazole rings is 1. The summed E-state index contributed by atoms with van der Waals surface area (Å²) in [5.41, 5.74) is 0.999. The van der Waals surface area contributed by atoms with Crippen LogP contribution >= 0.6 is 0 Å². The number of rotatable bonds is 6. The van der Waals surface area contributed by atoms with Gasteiger partial charge in [0.25, 0.3) is 0 Å². The highest BCUT2D eigenvalue weighted by Gasteiger charge is 2.24. The topological polar surface area (TPSA) is 41.3 Å². The summed E-state index contributed by atoms with van der Waals surface area (Å²) in [5, 5.41) is 9.06. The van der Waals surface area contributed by atoms with Crippen LogP contribution in [0.15, 0.2) is 24.3 Å². The maximum Gasteiger partial charge on any atom is 0.320 e. The first kappa shape index (κ1) is 14.9. The van der Waals surface area contributed by atoms with E-state index in [0.29, 0.717) is 29.9 Å². The smallest absolute Gasteiger partial charge is 0.320 e. The molecule has 2 rings (SSSR count). The summed E-state index contributed by atoms with van der Waals surface area (Å²) in [5.74, 6) is 0.330. The van der Waals surface area contributed by atoms with Crippen molar-refractivity contribution < 1.29 is 13.9 Å². The number of hydrogen-bond acceptors (Lipinski definition) is 3. The first-order valence-electron chi connectivity index (χ1n) is 6.70. The van der Waals surface area contributed by atoms with Gasteiger partial charge in [-0.15, -0.1) is 0 Å². The Morgan fingerprint density at radius 3 is 2.65 bits per heavy atom. The largest absolute Gasteiger partial charge is 0.395 e. The zero-order valence-corrected chi connectivity index (χ0v) is 11.6. The third kappa shape index (κ3) is 2.66. The van der Waals surface area contributed by atoms with E-state index in [-0.39, 0.29) is 12.6 Å². The fourth-order valence-electron chi connectivity index (χ4n) is 2.48. The molecule has 0 saturated carbocycles. The van der Waals surface area contributed by atoms with Gasteiger partial charge in [0, 0.05) is 6.54 Å². The van der Waals surface area contributed by atoms with Crippen molar-refractivity contribution in [3.8, 4) is 0 Å². The van der Waals surface area contributed by atoms with Crippen LogP contribution < -0.4 is 0 Å². The van der Waals surface area contributed by atoms with Crippen LogP contribution in [0.2, 0.25) is 0 Å². The van der Waals surface area contributed by atoms with Crippen LogP contribution in [0.1, 0.15) is 32.3 Å². The minimum absolute atomic E-state index is 0.00686. The van der Waals surface area contributed by atoms with Crippen molar-refractivity contribution in [2.75, 3.05) is 19.7 Å². The van der Waals surface area contributed by atoms with Crippen molar-refractivity contribution in [2.45, 2.75) is 26.4 Å². The summed E-state index contributed by atoms with van der Waals surface area (Å²) in [4.78, 5) is 6.26. The number of hydrogen-bond donors (Lipinski definition) is 1. The molecule has 2 aromatic rings. The quantitative estimate of drug-likeness (QED) is 0.886. The lowest BCUT2D eigenvalue weighted by Gasteiger charge is -2.27. The SMILES string of the molecule is CCN(CCO)C(C)c1nc2ccccc2n1C(F)F. The van der Waals surface area contributed by atoms with Crippen LogP contribution in [0.4, 0.5) is 8.78 Å². The number of likely N-dealkylation sites (N-methyl/N-ethyl adjacent to an activating group) is 1. The van der Waals surface area contributed by atoms with Crippen LogP contribution in [0.25, 0.3) is 11.0 Å². The lowest BCUT2D eigenvalue weighted by molar-refractivity contribution is 0.0635. The fourth-order valence-corrected chi connectivity index (χ4v) is 2.48. The molecule has 1 atom stereocenters. The molecule has 0 aliphatic carbocycles. The molecule has 0 aliphatic heterocycles. The van der Waals surface area contributed by atoms with Gasteiger partial charge >= 0.3 is 6.55 Å². The molecule has 0 aliphatic rings. The minimum Gasteiger partial charge on any atom is -0.395 e. The van der Waals surface area contributed by atoms with Gasteiger partial charge in [-0.3, -0.25) is 9.47 Å². The summed E-state index contributed by atoms with van der Waals surface area (Å²) in [7, 11) is 0. The number of aliphatic hydroxyl groups excluding tert-OH is 1. The maximum absolute atomic E-state index is 13.4. The zero-order chi connectivity index (χ0) is 14.7. The van der Waals surface area contributed by atoms with E-state index < -0.39 is 6.55 Å². The molecule has 20 heavy (non-hydrogen) atoms. The first-order valence-corrected chi connectivity index (χ1v) is 6.70. The van der Waals surface area contributed by atoms with Gasteiger partial charge in [-0.05, 0) is 25.6 Å². The molecule has 6 heteroatoms. The van der Waals surface area contributed by atoms with Gasteiger partial charge in [-0.1, -0.05) is 19.1 Å². The molecule has 1 unspecified atom stereocenters. The Hall–Kier alpha value is -1.53. The van der Waals surface area contributed by atoms with Crippen molar-refractivity contribution >= 4 is 11.0 Å². The second-order valence-corrected chi connectivity index (χ2v) is 4.63. The van der Waals surface area contributed by atoms with E-state index >= 15 is 0 Å². The number of para-hydroxylation sites is 2. The van der Waals surface area contributed by atoms with E-state index in [1.165, 1.54) is 0 Å². The molecule has 1 aromatic carbocycles. The second-order valence-electron chi connectivity index (χ2n) is 4.63. The van der Waals surface area contributed by atoms with E-state index in [0.717, 1.165) is 4.57 Å². The number of nitrogens with zero attached hydrogens (tertiary/aromatic N) is 3. The maximum atomic E-state index is 13.4. The Morgan fingerprint density at radius 1 is 1.35 bits per heavy atom. The van der Waals surface area contributed by atoms with Gasteiger partial charge in [0.05, 0.1) is 23.7 Å². The Kier molecular flexibility index (Phi) is 4.67. The van der Waals surface area contributed by atoms with Crippen LogP contribution in [0.5, 0.6) is 0 Å². The van der Waals surface area contributed by atoms with Gasteiger partial charge in [0.1, 0.15) is 5.82 Å². The second kappa shape index (κ2) is 6.28. The molecule has 0 bridgehead atoms. The number of aromatic nitrogens is 2. The molecule has 0 fully saturated rings. The Bertz CT molecular complexity index is 571. The van der Waals surface area contributed by atoms with Crippen molar-refractivity contribution in [2.24, 2.45) is 0 Å². The Labute approximate surface area is 116 Å². The molecule has 0 radical (unpaired) electrons. The highest BCUT2D eigenvalue weighted by Crippen LogP contribution is 2.28. The first-order chi connectivity index (χ1) is 9.60. The molecule has 1 N–H and O–H groups in total. The molecular formula is C14H19F2N3O. The number of benzene rings is 1. The average molecular weight is 283 g/mol. The molecular weight excluding hydrogens is 264 g/mol. The van der Waals surface area contributed by atoms with E-state index in [9.17, 15) is 8.78 Å².